The maximum absolute atomic E-state index is 11.3. The smallest absolute Gasteiger partial charge is 0.336 e. The molecule has 0 bridgehead atoms. The summed E-state index contributed by atoms with van der Waals surface area (Å²) in [6.45, 7) is 1.85. The molecule has 1 N–H and O–H groups in total. The summed E-state index contributed by atoms with van der Waals surface area (Å²) in [4.78, 5) is 11.3. The van der Waals surface area contributed by atoms with Crippen molar-refractivity contribution in [2.45, 2.75) is 6.92 Å². The van der Waals surface area contributed by atoms with Crippen molar-refractivity contribution in [1.82, 2.24) is 0 Å². The van der Waals surface area contributed by atoms with Crippen molar-refractivity contribution in [2.24, 2.45) is 0 Å². The lowest BCUT2D eigenvalue weighted by atomic mass is 10.0. The van der Waals surface area contributed by atoms with E-state index in [1.54, 1.807) is 0 Å². The molecular weight excluding hydrogens is 240 g/mol. The Hall–Kier alpha value is -2.55. The molecule has 3 rings (SSSR count). The fourth-order valence-corrected chi connectivity index (χ4v) is 2.20. The number of hydrogen-bond donors (Lipinski definition) is 1. The van der Waals surface area contributed by atoms with Crippen molar-refractivity contribution in [1.29, 1.82) is 0 Å². The van der Waals surface area contributed by atoms with Crippen LogP contribution in [0.3, 0.4) is 0 Å². The van der Waals surface area contributed by atoms with E-state index in [9.17, 15) is 9.90 Å². The molecule has 0 radical (unpaired) electrons. The van der Waals surface area contributed by atoms with Crippen LogP contribution in [0.2, 0.25) is 0 Å². The first-order valence-corrected chi connectivity index (χ1v) is 5.98. The number of hydrogen-bond acceptors (Lipinski definition) is 3. The monoisotopic (exact) mass is 252 g/mol. The minimum atomic E-state index is -0.406. The Labute approximate surface area is 109 Å². The Morgan fingerprint density at radius 3 is 2.53 bits per heavy atom. The molecule has 2 aromatic carbocycles. The highest BCUT2D eigenvalue weighted by atomic mass is 16.4. The molecule has 0 amide bonds. The molecule has 0 spiro atoms. The van der Waals surface area contributed by atoms with Crippen LogP contribution in [0.4, 0.5) is 0 Å². The van der Waals surface area contributed by atoms with E-state index < -0.39 is 5.63 Å². The van der Waals surface area contributed by atoms with Gasteiger partial charge in [-0.1, -0.05) is 30.3 Å². The lowest BCUT2D eigenvalue weighted by molar-refractivity contribution is 0.475. The van der Waals surface area contributed by atoms with Crippen LogP contribution in [0.25, 0.3) is 22.1 Å². The standard InChI is InChI=1S/C16H12O3/c1-10-7-16(18)19-15-9-14(17)13(8-12(10)15)11-5-3-2-4-6-11/h2-9,17H,1H3. The molecule has 94 valence electrons. The first-order valence-electron chi connectivity index (χ1n) is 5.98. The molecule has 3 heteroatoms. The van der Waals surface area contributed by atoms with Crippen molar-refractivity contribution >= 4 is 11.0 Å². The van der Waals surface area contributed by atoms with Gasteiger partial charge in [0.1, 0.15) is 11.3 Å². The molecule has 0 aliphatic carbocycles. The quantitative estimate of drug-likeness (QED) is 0.674. The van der Waals surface area contributed by atoms with Gasteiger partial charge >= 0.3 is 5.63 Å². The van der Waals surface area contributed by atoms with Crippen LogP contribution >= 0.6 is 0 Å². The van der Waals surface area contributed by atoms with Crippen molar-refractivity contribution in [3.05, 3.63) is 64.5 Å². The number of benzene rings is 2. The molecule has 3 aromatic rings. The molecule has 0 atom stereocenters. The summed E-state index contributed by atoms with van der Waals surface area (Å²) in [6.07, 6.45) is 0. The number of aromatic hydroxyl groups is 1. The molecule has 19 heavy (non-hydrogen) atoms. The molecule has 0 aliphatic heterocycles. The third-order valence-corrected chi connectivity index (χ3v) is 3.15. The average molecular weight is 252 g/mol. The number of rotatable bonds is 1. The average Bonchev–Trinajstić information content (AvgIpc) is 2.38. The van der Waals surface area contributed by atoms with Crippen molar-refractivity contribution in [3.8, 4) is 16.9 Å². The Morgan fingerprint density at radius 2 is 1.79 bits per heavy atom. The van der Waals surface area contributed by atoms with Crippen molar-refractivity contribution < 1.29 is 9.52 Å². The number of fused-ring (bicyclic) bond motifs is 1. The molecule has 1 heterocycles. The summed E-state index contributed by atoms with van der Waals surface area (Å²) in [5, 5.41) is 10.9. The fourth-order valence-electron chi connectivity index (χ4n) is 2.20. The van der Waals surface area contributed by atoms with E-state index >= 15 is 0 Å². The molecule has 0 saturated heterocycles. The second-order valence-electron chi connectivity index (χ2n) is 4.48. The van der Waals surface area contributed by atoms with Crippen LogP contribution in [0, 0.1) is 6.92 Å². The minimum Gasteiger partial charge on any atom is -0.507 e. The maximum atomic E-state index is 11.3. The van der Waals surface area contributed by atoms with Gasteiger partial charge in [-0.15, -0.1) is 0 Å². The van der Waals surface area contributed by atoms with Crippen LogP contribution in [0.5, 0.6) is 5.75 Å². The summed E-state index contributed by atoms with van der Waals surface area (Å²) in [6, 6.07) is 14.4. The topological polar surface area (TPSA) is 50.4 Å². The Balaban J connectivity index is 2.34. The van der Waals surface area contributed by atoms with Gasteiger partial charge < -0.3 is 9.52 Å². The van der Waals surface area contributed by atoms with Crippen LogP contribution < -0.4 is 5.63 Å². The van der Waals surface area contributed by atoms with Gasteiger partial charge in [0.05, 0.1) is 0 Å². The van der Waals surface area contributed by atoms with E-state index in [1.807, 2.05) is 43.3 Å². The Bertz CT molecular complexity index is 801. The third kappa shape index (κ3) is 1.99. The zero-order chi connectivity index (χ0) is 13.4. The van der Waals surface area contributed by atoms with Gasteiger partial charge in [0, 0.05) is 23.1 Å². The highest BCUT2D eigenvalue weighted by molar-refractivity contribution is 5.88. The summed E-state index contributed by atoms with van der Waals surface area (Å²) >= 11 is 0. The van der Waals surface area contributed by atoms with Gasteiger partial charge in [0.25, 0.3) is 0 Å². The largest absolute Gasteiger partial charge is 0.507 e. The normalized spacial score (nSPS) is 10.8. The lowest BCUT2D eigenvalue weighted by Crippen LogP contribution is -1.97. The molecular formula is C16H12O3. The molecule has 3 nitrogen and oxygen atoms in total. The van der Waals surface area contributed by atoms with Crippen LogP contribution in [0.1, 0.15) is 5.56 Å². The number of phenols is 1. The van der Waals surface area contributed by atoms with Crippen molar-refractivity contribution in [3.63, 3.8) is 0 Å². The van der Waals surface area contributed by atoms with Crippen LogP contribution in [-0.2, 0) is 0 Å². The summed E-state index contributed by atoms with van der Waals surface area (Å²) < 4.78 is 5.10. The van der Waals surface area contributed by atoms with E-state index in [1.165, 1.54) is 12.1 Å². The predicted molar refractivity (Wildman–Crippen MR) is 74.3 cm³/mol. The van der Waals surface area contributed by atoms with Gasteiger partial charge in [-0.2, -0.15) is 0 Å². The highest BCUT2D eigenvalue weighted by Gasteiger charge is 2.09. The Kier molecular flexibility index (Phi) is 2.60. The Morgan fingerprint density at radius 1 is 1.05 bits per heavy atom. The zero-order valence-corrected chi connectivity index (χ0v) is 10.4. The summed E-state index contributed by atoms with van der Waals surface area (Å²) in [7, 11) is 0. The van der Waals surface area contributed by atoms with Crippen LogP contribution in [-0.4, -0.2) is 5.11 Å². The van der Waals surface area contributed by atoms with E-state index in [4.69, 9.17) is 4.42 Å². The van der Waals surface area contributed by atoms with E-state index in [2.05, 4.69) is 0 Å². The van der Waals surface area contributed by atoms with Gasteiger partial charge in [-0.3, -0.25) is 0 Å². The summed E-state index contributed by atoms with van der Waals surface area (Å²) in [5.41, 5.74) is 2.49. The summed E-state index contributed by atoms with van der Waals surface area (Å²) in [5.74, 6) is 0.104. The molecule has 0 saturated carbocycles. The van der Waals surface area contributed by atoms with Gasteiger partial charge in [-0.25, -0.2) is 4.79 Å². The molecule has 0 unspecified atom stereocenters. The molecule has 0 fully saturated rings. The first kappa shape index (κ1) is 11.5. The van der Waals surface area contributed by atoms with E-state index in [0.29, 0.717) is 5.58 Å². The maximum Gasteiger partial charge on any atom is 0.336 e. The predicted octanol–water partition coefficient (Wildman–Crippen LogP) is 3.47. The van der Waals surface area contributed by atoms with E-state index in [0.717, 1.165) is 22.1 Å². The molecule has 1 aromatic heterocycles. The third-order valence-electron chi connectivity index (χ3n) is 3.15. The number of phenolic OH excluding ortho intramolecular Hbond substituents is 1. The van der Waals surface area contributed by atoms with Crippen LogP contribution in [0.15, 0.2) is 57.7 Å². The van der Waals surface area contributed by atoms with Crippen molar-refractivity contribution in [2.75, 3.05) is 0 Å². The minimum absolute atomic E-state index is 0.104. The SMILES string of the molecule is Cc1cc(=O)oc2cc(O)c(-c3ccccc3)cc12. The van der Waals surface area contributed by atoms with Gasteiger partial charge in [0.2, 0.25) is 0 Å². The second-order valence-corrected chi connectivity index (χ2v) is 4.48. The molecule has 0 aliphatic rings. The van der Waals surface area contributed by atoms with E-state index in [-0.39, 0.29) is 5.75 Å². The fraction of sp³-hybridized carbons (Fsp3) is 0.0625. The first-order chi connectivity index (χ1) is 9.15. The number of aryl methyl sites for hydroxylation is 1. The highest BCUT2D eigenvalue weighted by Crippen LogP contribution is 2.33. The zero-order valence-electron chi connectivity index (χ0n) is 10.4. The van der Waals surface area contributed by atoms with Gasteiger partial charge in [0.15, 0.2) is 0 Å². The lowest BCUT2D eigenvalue weighted by Gasteiger charge is -2.07. The second kappa shape index (κ2) is 4.28. The van der Waals surface area contributed by atoms with Gasteiger partial charge in [-0.05, 0) is 24.1 Å².